The number of esters is 1. The number of carbonyl (C=O) groups excluding carboxylic acids is 3. The van der Waals surface area contributed by atoms with E-state index in [4.69, 9.17) is 9.47 Å². The van der Waals surface area contributed by atoms with Crippen LogP contribution < -0.4 is 14.4 Å². The van der Waals surface area contributed by atoms with Crippen molar-refractivity contribution in [3.8, 4) is 11.5 Å². The number of allylic oxidation sites excluding steroid dienone is 2. The van der Waals surface area contributed by atoms with Gasteiger partial charge in [-0.1, -0.05) is 42.5 Å². The van der Waals surface area contributed by atoms with E-state index in [9.17, 15) is 14.4 Å². The minimum atomic E-state index is -0.514. The highest BCUT2D eigenvalue weighted by Crippen LogP contribution is 2.65. The molecule has 6 unspecified atom stereocenters. The van der Waals surface area contributed by atoms with Crippen LogP contribution in [0.1, 0.15) is 22.3 Å². The molecule has 6 heteroatoms. The van der Waals surface area contributed by atoms with Crippen molar-refractivity contribution in [2.75, 3.05) is 4.90 Å². The minimum absolute atomic E-state index is 0.107. The summed E-state index contributed by atoms with van der Waals surface area (Å²) in [4.78, 5) is 40.6. The molecule has 0 N–H and O–H groups in total. The fourth-order valence-electron chi connectivity index (χ4n) is 6.47. The lowest BCUT2D eigenvalue weighted by atomic mass is 9.63. The Labute approximate surface area is 214 Å². The number of ether oxygens (including phenoxy) is 2. The van der Waals surface area contributed by atoms with E-state index in [1.807, 2.05) is 30.3 Å². The largest absolute Gasteiger partial charge is 0.489 e. The Balaban J connectivity index is 1.00. The zero-order valence-electron chi connectivity index (χ0n) is 20.0. The van der Waals surface area contributed by atoms with Gasteiger partial charge in [0.1, 0.15) is 18.1 Å². The molecule has 0 spiro atoms. The summed E-state index contributed by atoms with van der Waals surface area (Å²) in [5.41, 5.74) is 1.92. The molecule has 0 radical (unpaired) electrons. The first-order valence-corrected chi connectivity index (χ1v) is 12.7. The van der Waals surface area contributed by atoms with E-state index in [1.54, 1.807) is 48.5 Å². The van der Waals surface area contributed by atoms with Crippen molar-refractivity contribution in [3.05, 3.63) is 102 Å². The van der Waals surface area contributed by atoms with Crippen LogP contribution in [0.15, 0.2) is 91.0 Å². The lowest BCUT2D eigenvalue weighted by Crippen LogP contribution is -2.40. The van der Waals surface area contributed by atoms with E-state index >= 15 is 0 Å². The highest BCUT2D eigenvalue weighted by Gasteiger charge is 2.67. The summed E-state index contributed by atoms with van der Waals surface area (Å²) < 4.78 is 11.3. The highest BCUT2D eigenvalue weighted by atomic mass is 16.5. The standard InChI is InChI=1S/C31H25NO5/c33-29-27-23-14-15-24(26-16-25(23)26)28(27)30(34)32(29)20-8-6-19(7-9-20)31(35)37-22-12-10-21(11-13-22)36-17-18-4-2-1-3-5-18/h1-15,23-28H,16-17H2. The molecule has 6 atom stereocenters. The van der Waals surface area contributed by atoms with Gasteiger partial charge in [0.2, 0.25) is 11.8 Å². The summed E-state index contributed by atoms with van der Waals surface area (Å²) in [5, 5.41) is 0. The van der Waals surface area contributed by atoms with Crippen LogP contribution in [-0.4, -0.2) is 17.8 Å². The van der Waals surface area contributed by atoms with Crippen LogP contribution in [0.2, 0.25) is 0 Å². The van der Waals surface area contributed by atoms with Crippen molar-refractivity contribution < 1.29 is 23.9 Å². The SMILES string of the molecule is O=C(Oc1ccc(OCc2ccccc2)cc1)c1ccc(N2C(=O)C3C4C=CC(C5CC45)C3C2=O)cc1. The average Bonchev–Trinajstić information content (AvgIpc) is 3.72. The summed E-state index contributed by atoms with van der Waals surface area (Å²) in [6, 6.07) is 23.2. The maximum absolute atomic E-state index is 13.3. The van der Waals surface area contributed by atoms with Gasteiger partial charge in [-0.15, -0.1) is 0 Å². The predicted molar refractivity (Wildman–Crippen MR) is 136 cm³/mol. The molecule has 0 aromatic heterocycles. The second kappa shape index (κ2) is 8.44. The quantitative estimate of drug-likeness (QED) is 0.209. The third kappa shape index (κ3) is 3.67. The Morgan fingerprint density at radius 3 is 1.97 bits per heavy atom. The second-order valence-electron chi connectivity index (χ2n) is 10.3. The lowest BCUT2D eigenvalue weighted by molar-refractivity contribution is -0.124. The van der Waals surface area contributed by atoms with Gasteiger partial charge in [0.25, 0.3) is 0 Å². The number of rotatable bonds is 6. The van der Waals surface area contributed by atoms with Gasteiger partial charge in [0, 0.05) is 0 Å². The summed E-state index contributed by atoms with van der Waals surface area (Å²) >= 11 is 0. The Morgan fingerprint density at radius 1 is 0.757 bits per heavy atom. The molecule has 3 fully saturated rings. The molecule has 1 heterocycles. The summed E-state index contributed by atoms with van der Waals surface area (Å²) in [6.07, 6.45) is 5.46. The van der Waals surface area contributed by atoms with E-state index < -0.39 is 5.97 Å². The summed E-state index contributed by atoms with van der Waals surface area (Å²) in [7, 11) is 0. The molecule has 1 aliphatic heterocycles. The third-order valence-electron chi connectivity index (χ3n) is 8.31. The molecule has 2 bridgehead atoms. The van der Waals surface area contributed by atoms with Gasteiger partial charge in [-0.3, -0.25) is 14.5 Å². The summed E-state index contributed by atoms with van der Waals surface area (Å²) in [6.45, 7) is 0.453. The molecule has 1 saturated heterocycles. The van der Waals surface area contributed by atoms with Crippen molar-refractivity contribution in [3.63, 3.8) is 0 Å². The molecular weight excluding hydrogens is 466 g/mol. The van der Waals surface area contributed by atoms with Crippen LogP contribution in [0.25, 0.3) is 0 Å². The number of amides is 2. The zero-order valence-corrected chi connectivity index (χ0v) is 20.0. The first kappa shape index (κ1) is 22.0. The lowest BCUT2D eigenvalue weighted by Gasteiger charge is -2.37. The van der Waals surface area contributed by atoms with E-state index in [0.29, 0.717) is 41.2 Å². The van der Waals surface area contributed by atoms with Gasteiger partial charge in [-0.05, 0) is 84.2 Å². The molecule has 6 nitrogen and oxygen atoms in total. The van der Waals surface area contributed by atoms with E-state index in [-0.39, 0.29) is 35.5 Å². The van der Waals surface area contributed by atoms with Gasteiger partial charge in [-0.2, -0.15) is 0 Å². The third-order valence-corrected chi connectivity index (χ3v) is 8.31. The monoisotopic (exact) mass is 491 g/mol. The topological polar surface area (TPSA) is 72.9 Å². The molecule has 8 rings (SSSR count). The first-order valence-electron chi connectivity index (χ1n) is 12.7. The molecule has 5 aliphatic rings. The maximum atomic E-state index is 13.3. The fraction of sp³-hybridized carbons (Fsp3) is 0.258. The zero-order chi connectivity index (χ0) is 25.1. The molecule has 2 amide bonds. The molecule has 184 valence electrons. The number of anilines is 1. The normalized spacial score (nSPS) is 28.6. The van der Waals surface area contributed by atoms with Crippen LogP contribution in [0.5, 0.6) is 11.5 Å². The average molecular weight is 492 g/mol. The van der Waals surface area contributed by atoms with Crippen molar-refractivity contribution in [2.24, 2.45) is 35.5 Å². The molecule has 3 aromatic rings. The number of carbonyl (C=O) groups is 3. The van der Waals surface area contributed by atoms with Crippen LogP contribution in [0, 0.1) is 35.5 Å². The molecule has 2 saturated carbocycles. The fourth-order valence-corrected chi connectivity index (χ4v) is 6.47. The Kier molecular flexibility index (Phi) is 5.03. The van der Waals surface area contributed by atoms with Crippen molar-refractivity contribution in [1.29, 1.82) is 0 Å². The van der Waals surface area contributed by atoms with Crippen LogP contribution in [0.4, 0.5) is 5.69 Å². The van der Waals surface area contributed by atoms with Gasteiger partial charge < -0.3 is 9.47 Å². The number of imide groups is 1. The molecule has 37 heavy (non-hydrogen) atoms. The second-order valence-corrected chi connectivity index (χ2v) is 10.3. The van der Waals surface area contributed by atoms with E-state index in [0.717, 1.165) is 12.0 Å². The van der Waals surface area contributed by atoms with E-state index in [2.05, 4.69) is 12.2 Å². The van der Waals surface area contributed by atoms with Crippen LogP contribution in [-0.2, 0) is 16.2 Å². The van der Waals surface area contributed by atoms with Crippen molar-refractivity contribution >= 4 is 23.5 Å². The van der Waals surface area contributed by atoms with Gasteiger partial charge in [-0.25, -0.2) is 4.79 Å². The Bertz CT molecular complexity index is 1380. The van der Waals surface area contributed by atoms with Gasteiger partial charge >= 0.3 is 5.97 Å². The Hall–Kier alpha value is -4.19. The molecule has 4 aliphatic carbocycles. The van der Waals surface area contributed by atoms with Crippen molar-refractivity contribution in [2.45, 2.75) is 13.0 Å². The number of hydrogen-bond donors (Lipinski definition) is 0. The maximum Gasteiger partial charge on any atom is 0.343 e. The first-order chi connectivity index (χ1) is 18.1. The van der Waals surface area contributed by atoms with Gasteiger partial charge in [0.05, 0.1) is 23.1 Å². The number of hydrogen-bond acceptors (Lipinski definition) is 5. The number of nitrogens with zero attached hydrogens (tertiary/aromatic N) is 1. The molecular formula is C31H25NO5. The van der Waals surface area contributed by atoms with Crippen LogP contribution >= 0.6 is 0 Å². The summed E-state index contributed by atoms with van der Waals surface area (Å²) in [5.74, 6) is 1.37. The smallest absolute Gasteiger partial charge is 0.343 e. The van der Waals surface area contributed by atoms with Crippen molar-refractivity contribution in [1.82, 2.24) is 0 Å². The van der Waals surface area contributed by atoms with E-state index in [1.165, 1.54) is 4.90 Å². The minimum Gasteiger partial charge on any atom is -0.489 e. The Morgan fingerprint density at radius 2 is 1.35 bits per heavy atom. The van der Waals surface area contributed by atoms with Gasteiger partial charge in [0.15, 0.2) is 0 Å². The van der Waals surface area contributed by atoms with Crippen LogP contribution in [0.3, 0.4) is 0 Å². The number of benzene rings is 3. The highest BCUT2D eigenvalue weighted by molar-refractivity contribution is 6.22. The molecule has 3 aromatic carbocycles. The predicted octanol–water partition coefficient (Wildman–Crippen LogP) is 5.04.